The van der Waals surface area contributed by atoms with Gasteiger partial charge in [0.05, 0.1) is 5.69 Å². The smallest absolute Gasteiger partial charge is 0.137 e. The zero-order chi connectivity index (χ0) is 18.5. The fourth-order valence-electron chi connectivity index (χ4n) is 3.42. The molecule has 0 amide bonds. The van der Waals surface area contributed by atoms with Crippen molar-refractivity contribution in [3.05, 3.63) is 45.8 Å². The Morgan fingerprint density at radius 2 is 1.77 bits per heavy atom. The predicted molar refractivity (Wildman–Crippen MR) is 104 cm³/mol. The summed E-state index contributed by atoms with van der Waals surface area (Å²) in [4.78, 5) is 4.99. The van der Waals surface area contributed by atoms with Crippen LogP contribution in [0.2, 0.25) is 5.02 Å². The van der Waals surface area contributed by atoms with Gasteiger partial charge >= 0.3 is 0 Å². The van der Waals surface area contributed by atoms with E-state index in [1.54, 1.807) is 0 Å². The minimum Gasteiger partial charge on any atom is -0.492 e. The van der Waals surface area contributed by atoms with Gasteiger partial charge in [-0.3, -0.25) is 4.90 Å². The molecule has 1 saturated heterocycles. The summed E-state index contributed by atoms with van der Waals surface area (Å²) in [5, 5.41) is 4.79. The molecule has 0 radical (unpaired) electrons. The quantitative estimate of drug-likeness (QED) is 0.738. The number of hydrogen-bond donors (Lipinski definition) is 0. The van der Waals surface area contributed by atoms with Gasteiger partial charge < -0.3 is 14.2 Å². The van der Waals surface area contributed by atoms with Gasteiger partial charge in [-0.05, 0) is 51.0 Å². The molecule has 0 N–H and O–H groups in total. The van der Waals surface area contributed by atoms with Gasteiger partial charge in [0, 0.05) is 49.9 Å². The van der Waals surface area contributed by atoms with Crippen LogP contribution in [-0.2, 0) is 6.42 Å². The van der Waals surface area contributed by atoms with E-state index in [-0.39, 0.29) is 0 Å². The van der Waals surface area contributed by atoms with Gasteiger partial charge in [0.2, 0.25) is 0 Å². The van der Waals surface area contributed by atoms with E-state index in [0.717, 1.165) is 73.5 Å². The van der Waals surface area contributed by atoms with Crippen LogP contribution >= 0.6 is 11.6 Å². The molecule has 0 atom stereocenters. The highest BCUT2D eigenvalue weighted by atomic mass is 35.5. The Hall–Kier alpha value is -1.56. The summed E-state index contributed by atoms with van der Waals surface area (Å²) >= 11 is 5.98. The van der Waals surface area contributed by atoms with Crippen molar-refractivity contribution in [2.45, 2.75) is 27.2 Å². The van der Waals surface area contributed by atoms with E-state index in [0.29, 0.717) is 6.61 Å². The fourth-order valence-corrected chi connectivity index (χ4v) is 3.65. The van der Waals surface area contributed by atoms with Crippen molar-refractivity contribution < 1.29 is 9.26 Å². The predicted octanol–water partition coefficient (Wildman–Crippen LogP) is 3.49. The zero-order valence-corrected chi connectivity index (χ0v) is 16.7. The first-order valence-electron chi connectivity index (χ1n) is 9.28. The van der Waals surface area contributed by atoms with Crippen molar-refractivity contribution in [3.63, 3.8) is 0 Å². The van der Waals surface area contributed by atoms with Gasteiger partial charge in [-0.2, -0.15) is 0 Å². The number of aryl methyl sites for hydroxylation is 3. The maximum atomic E-state index is 5.98. The summed E-state index contributed by atoms with van der Waals surface area (Å²) in [5.41, 5.74) is 3.37. The summed E-state index contributed by atoms with van der Waals surface area (Å²) in [6.45, 7) is 13.2. The summed E-state index contributed by atoms with van der Waals surface area (Å²) in [6, 6.07) is 5.76. The van der Waals surface area contributed by atoms with Gasteiger partial charge in [0.25, 0.3) is 0 Å². The molecule has 1 aromatic heterocycles. The first-order valence-corrected chi connectivity index (χ1v) is 9.66. The van der Waals surface area contributed by atoms with Crippen LogP contribution in [0.3, 0.4) is 0 Å². The lowest BCUT2D eigenvalue weighted by Gasteiger charge is -2.34. The van der Waals surface area contributed by atoms with Crippen molar-refractivity contribution in [2.24, 2.45) is 0 Å². The molecule has 6 heteroatoms. The lowest BCUT2D eigenvalue weighted by Crippen LogP contribution is -2.47. The Kier molecular flexibility index (Phi) is 6.57. The van der Waals surface area contributed by atoms with E-state index in [4.69, 9.17) is 20.9 Å². The monoisotopic (exact) mass is 377 g/mol. The number of rotatable bonds is 7. The van der Waals surface area contributed by atoms with E-state index in [1.165, 1.54) is 5.56 Å². The normalized spacial score (nSPS) is 16.2. The summed E-state index contributed by atoms with van der Waals surface area (Å²) < 4.78 is 11.2. The topological polar surface area (TPSA) is 41.7 Å². The molecule has 2 heterocycles. The van der Waals surface area contributed by atoms with E-state index < -0.39 is 0 Å². The number of nitrogens with zero attached hydrogens (tertiary/aromatic N) is 3. The van der Waals surface area contributed by atoms with Gasteiger partial charge in [0.15, 0.2) is 0 Å². The van der Waals surface area contributed by atoms with Crippen molar-refractivity contribution in [1.82, 2.24) is 15.0 Å². The van der Waals surface area contributed by atoms with Gasteiger partial charge in [-0.25, -0.2) is 0 Å². The Morgan fingerprint density at radius 3 is 2.38 bits per heavy atom. The minimum atomic E-state index is 0.710. The molecule has 1 aliphatic heterocycles. The molecule has 1 aliphatic rings. The molecule has 1 fully saturated rings. The average Bonchev–Trinajstić information content (AvgIpc) is 2.94. The van der Waals surface area contributed by atoms with E-state index >= 15 is 0 Å². The van der Waals surface area contributed by atoms with Crippen LogP contribution in [-0.4, -0.2) is 60.8 Å². The first-order chi connectivity index (χ1) is 12.5. The highest BCUT2D eigenvalue weighted by Crippen LogP contribution is 2.21. The zero-order valence-electron chi connectivity index (χ0n) is 15.9. The van der Waals surface area contributed by atoms with Gasteiger partial charge in [-0.15, -0.1) is 0 Å². The van der Waals surface area contributed by atoms with E-state index in [1.807, 2.05) is 39.0 Å². The fraction of sp³-hybridized carbons (Fsp3) is 0.550. The number of piperazine rings is 1. The Balaban J connectivity index is 1.36. The van der Waals surface area contributed by atoms with Crippen molar-refractivity contribution in [2.75, 3.05) is 45.9 Å². The van der Waals surface area contributed by atoms with Gasteiger partial charge in [-0.1, -0.05) is 16.8 Å². The lowest BCUT2D eigenvalue weighted by molar-refractivity contribution is 0.117. The highest BCUT2D eigenvalue weighted by Gasteiger charge is 2.18. The third kappa shape index (κ3) is 5.00. The Bertz CT molecular complexity index is 704. The molecule has 0 saturated carbocycles. The second-order valence-electron chi connectivity index (χ2n) is 6.99. The Morgan fingerprint density at radius 1 is 1.08 bits per heavy atom. The molecule has 0 unspecified atom stereocenters. The molecule has 0 bridgehead atoms. The third-order valence-corrected chi connectivity index (χ3v) is 5.36. The molecule has 142 valence electrons. The van der Waals surface area contributed by atoms with Crippen molar-refractivity contribution in [3.8, 4) is 5.75 Å². The maximum absolute atomic E-state index is 5.98. The van der Waals surface area contributed by atoms with Crippen LogP contribution in [0.15, 0.2) is 22.7 Å². The van der Waals surface area contributed by atoms with E-state index in [9.17, 15) is 0 Å². The third-order valence-electron chi connectivity index (χ3n) is 5.13. The van der Waals surface area contributed by atoms with Crippen molar-refractivity contribution in [1.29, 1.82) is 0 Å². The van der Waals surface area contributed by atoms with Crippen LogP contribution < -0.4 is 4.74 Å². The summed E-state index contributed by atoms with van der Waals surface area (Å²) in [5.74, 6) is 1.88. The average molecular weight is 378 g/mol. The largest absolute Gasteiger partial charge is 0.492 e. The highest BCUT2D eigenvalue weighted by molar-refractivity contribution is 6.30. The molecular weight excluding hydrogens is 350 g/mol. The molecular formula is C20H28ClN3O2. The van der Waals surface area contributed by atoms with Crippen molar-refractivity contribution >= 4 is 11.6 Å². The van der Waals surface area contributed by atoms with Crippen LogP contribution in [0.25, 0.3) is 0 Å². The van der Waals surface area contributed by atoms with Crippen LogP contribution in [0.1, 0.15) is 22.6 Å². The molecule has 26 heavy (non-hydrogen) atoms. The van der Waals surface area contributed by atoms with E-state index in [2.05, 4.69) is 15.0 Å². The second-order valence-corrected chi connectivity index (χ2v) is 7.43. The first kappa shape index (κ1) is 19.2. The molecule has 5 nitrogen and oxygen atoms in total. The number of halogens is 1. The Labute approximate surface area is 160 Å². The molecule has 3 rings (SSSR count). The molecule has 0 spiro atoms. The minimum absolute atomic E-state index is 0.710. The van der Waals surface area contributed by atoms with Crippen LogP contribution in [0, 0.1) is 20.8 Å². The molecule has 2 aromatic rings. The summed E-state index contributed by atoms with van der Waals surface area (Å²) in [7, 11) is 0. The molecule has 1 aromatic carbocycles. The molecule has 0 aliphatic carbocycles. The number of benzene rings is 1. The number of aromatic nitrogens is 1. The van der Waals surface area contributed by atoms with Gasteiger partial charge in [0.1, 0.15) is 18.1 Å². The standard InChI is InChI=1S/C20H28ClN3O2/c1-15-14-18(21)4-5-20(15)25-13-12-24-10-8-23(9-11-24)7-6-19-16(2)22-26-17(19)3/h4-5,14H,6-13H2,1-3H3. The van der Waals surface area contributed by atoms with Crippen LogP contribution in [0.4, 0.5) is 0 Å². The lowest BCUT2D eigenvalue weighted by atomic mass is 10.1. The maximum Gasteiger partial charge on any atom is 0.137 e. The summed E-state index contributed by atoms with van der Waals surface area (Å²) in [6.07, 6.45) is 1.01. The second kappa shape index (κ2) is 8.89. The van der Waals surface area contributed by atoms with Crippen LogP contribution in [0.5, 0.6) is 5.75 Å². The number of hydrogen-bond acceptors (Lipinski definition) is 5. The number of ether oxygens (including phenoxy) is 1. The SMILES string of the molecule is Cc1cc(Cl)ccc1OCCN1CCN(CCc2c(C)noc2C)CC1.